The van der Waals surface area contributed by atoms with Gasteiger partial charge in [0.2, 0.25) is 0 Å². The highest BCUT2D eigenvalue weighted by Gasteiger charge is 2.04. The van der Waals surface area contributed by atoms with E-state index in [1.165, 1.54) is 9.75 Å². The van der Waals surface area contributed by atoms with Gasteiger partial charge >= 0.3 is 0 Å². The van der Waals surface area contributed by atoms with Gasteiger partial charge < -0.3 is 5.32 Å². The number of fused-ring (bicyclic) bond motifs is 1. The summed E-state index contributed by atoms with van der Waals surface area (Å²) >= 11 is 1.82. The van der Waals surface area contributed by atoms with E-state index in [1.807, 2.05) is 40.1 Å². The highest BCUT2D eigenvalue weighted by Crippen LogP contribution is 2.14. The molecule has 3 aromatic rings. The third-order valence-electron chi connectivity index (χ3n) is 2.76. The fraction of sp³-hybridized carbons (Fsp3) is 0.231. The molecule has 0 aromatic carbocycles. The van der Waals surface area contributed by atoms with Crippen LogP contribution in [0.3, 0.4) is 0 Å². The SMILES string of the molecule is Cc1ccc(CNCc2nnc3ccccn23)s1. The van der Waals surface area contributed by atoms with Gasteiger partial charge in [0.1, 0.15) is 0 Å². The largest absolute Gasteiger partial charge is 0.305 e. The van der Waals surface area contributed by atoms with E-state index in [2.05, 4.69) is 34.6 Å². The summed E-state index contributed by atoms with van der Waals surface area (Å²) in [6.07, 6.45) is 1.99. The molecule has 0 amide bonds. The van der Waals surface area contributed by atoms with Gasteiger partial charge in [0.25, 0.3) is 0 Å². The predicted octanol–water partition coefficient (Wildman–Crippen LogP) is 2.39. The minimum atomic E-state index is 0.724. The molecule has 92 valence electrons. The van der Waals surface area contributed by atoms with E-state index in [4.69, 9.17) is 0 Å². The molecule has 4 nitrogen and oxygen atoms in total. The number of hydrogen-bond acceptors (Lipinski definition) is 4. The Balaban J connectivity index is 1.66. The molecule has 0 aliphatic heterocycles. The van der Waals surface area contributed by atoms with Crippen molar-refractivity contribution in [3.8, 4) is 0 Å². The zero-order chi connectivity index (χ0) is 12.4. The molecule has 0 spiro atoms. The summed E-state index contributed by atoms with van der Waals surface area (Å²) in [4.78, 5) is 2.70. The van der Waals surface area contributed by atoms with E-state index >= 15 is 0 Å². The van der Waals surface area contributed by atoms with E-state index in [-0.39, 0.29) is 0 Å². The number of aromatic nitrogens is 3. The molecule has 3 rings (SSSR count). The summed E-state index contributed by atoms with van der Waals surface area (Å²) in [5, 5.41) is 11.7. The molecule has 0 bridgehead atoms. The van der Waals surface area contributed by atoms with Crippen molar-refractivity contribution in [3.63, 3.8) is 0 Å². The maximum Gasteiger partial charge on any atom is 0.160 e. The maximum atomic E-state index is 4.19. The molecule has 3 heterocycles. The summed E-state index contributed by atoms with van der Waals surface area (Å²) in [6.45, 7) is 3.72. The Kier molecular flexibility index (Phi) is 3.08. The van der Waals surface area contributed by atoms with Gasteiger partial charge in [-0.15, -0.1) is 21.5 Å². The summed E-state index contributed by atoms with van der Waals surface area (Å²) in [7, 11) is 0. The number of aryl methyl sites for hydroxylation is 1. The predicted molar refractivity (Wildman–Crippen MR) is 72.6 cm³/mol. The van der Waals surface area contributed by atoms with Crippen LogP contribution >= 0.6 is 11.3 Å². The number of thiophene rings is 1. The first-order valence-corrected chi connectivity index (χ1v) is 6.69. The molecule has 0 unspecified atom stereocenters. The second-order valence-corrected chi connectivity index (χ2v) is 5.53. The molecule has 5 heteroatoms. The average molecular weight is 258 g/mol. The van der Waals surface area contributed by atoms with Crippen LogP contribution in [0.2, 0.25) is 0 Å². The van der Waals surface area contributed by atoms with Crippen molar-refractivity contribution in [2.75, 3.05) is 0 Å². The molecule has 18 heavy (non-hydrogen) atoms. The normalized spacial score (nSPS) is 11.2. The van der Waals surface area contributed by atoms with Crippen LogP contribution in [0.15, 0.2) is 36.5 Å². The summed E-state index contributed by atoms with van der Waals surface area (Å²) < 4.78 is 2.01. The number of nitrogens with one attached hydrogen (secondary N) is 1. The monoisotopic (exact) mass is 258 g/mol. The fourth-order valence-corrected chi connectivity index (χ4v) is 2.75. The van der Waals surface area contributed by atoms with Crippen LogP contribution in [0.5, 0.6) is 0 Å². The van der Waals surface area contributed by atoms with Crippen LogP contribution < -0.4 is 5.32 Å². The minimum absolute atomic E-state index is 0.724. The number of nitrogens with zero attached hydrogens (tertiary/aromatic N) is 3. The second-order valence-electron chi connectivity index (χ2n) is 4.16. The lowest BCUT2D eigenvalue weighted by Crippen LogP contribution is -2.14. The molecule has 0 aliphatic rings. The van der Waals surface area contributed by atoms with E-state index in [0.29, 0.717) is 0 Å². The quantitative estimate of drug-likeness (QED) is 0.781. The molecular weight excluding hydrogens is 244 g/mol. The Morgan fingerprint density at radius 3 is 2.94 bits per heavy atom. The fourth-order valence-electron chi connectivity index (χ4n) is 1.89. The Morgan fingerprint density at radius 1 is 1.17 bits per heavy atom. The highest BCUT2D eigenvalue weighted by atomic mass is 32.1. The van der Waals surface area contributed by atoms with Crippen molar-refractivity contribution in [1.82, 2.24) is 19.9 Å². The first-order chi connectivity index (χ1) is 8.83. The van der Waals surface area contributed by atoms with Crippen LogP contribution in [0.1, 0.15) is 15.6 Å². The van der Waals surface area contributed by atoms with Gasteiger partial charge in [-0.1, -0.05) is 6.07 Å². The Hall–Kier alpha value is -1.72. The van der Waals surface area contributed by atoms with E-state index < -0.39 is 0 Å². The van der Waals surface area contributed by atoms with Crippen LogP contribution in [0.25, 0.3) is 5.65 Å². The Bertz CT molecular complexity index is 656. The van der Waals surface area contributed by atoms with Gasteiger partial charge in [-0.3, -0.25) is 4.40 Å². The first kappa shape index (κ1) is 11.4. The lowest BCUT2D eigenvalue weighted by Gasteiger charge is -2.01. The third-order valence-corrected chi connectivity index (χ3v) is 3.76. The van der Waals surface area contributed by atoms with Crippen molar-refractivity contribution in [2.24, 2.45) is 0 Å². The molecule has 0 fully saturated rings. The van der Waals surface area contributed by atoms with Gasteiger partial charge in [0.05, 0.1) is 6.54 Å². The summed E-state index contributed by atoms with van der Waals surface area (Å²) in [5.74, 6) is 0.943. The third kappa shape index (κ3) is 2.27. The molecule has 0 saturated carbocycles. The number of hydrogen-bond donors (Lipinski definition) is 1. The molecule has 0 atom stereocenters. The van der Waals surface area contributed by atoms with E-state index in [1.54, 1.807) is 0 Å². The number of pyridine rings is 1. The smallest absolute Gasteiger partial charge is 0.160 e. The maximum absolute atomic E-state index is 4.19. The minimum Gasteiger partial charge on any atom is -0.305 e. The lowest BCUT2D eigenvalue weighted by molar-refractivity contribution is 0.662. The van der Waals surface area contributed by atoms with Crippen LogP contribution in [-0.4, -0.2) is 14.6 Å². The molecule has 0 saturated heterocycles. The lowest BCUT2D eigenvalue weighted by atomic mass is 10.4. The van der Waals surface area contributed by atoms with Crippen molar-refractivity contribution in [1.29, 1.82) is 0 Å². The summed E-state index contributed by atoms with van der Waals surface area (Å²) in [5.41, 5.74) is 0.890. The molecule has 0 radical (unpaired) electrons. The highest BCUT2D eigenvalue weighted by molar-refractivity contribution is 7.11. The molecule has 1 N–H and O–H groups in total. The van der Waals surface area contributed by atoms with Gasteiger partial charge in [-0.2, -0.15) is 0 Å². The van der Waals surface area contributed by atoms with Gasteiger partial charge in [-0.05, 0) is 31.2 Å². The Morgan fingerprint density at radius 2 is 2.11 bits per heavy atom. The zero-order valence-corrected chi connectivity index (χ0v) is 10.9. The van der Waals surface area contributed by atoms with Crippen molar-refractivity contribution >= 4 is 17.0 Å². The molecule has 3 aromatic heterocycles. The zero-order valence-electron chi connectivity index (χ0n) is 10.1. The van der Waals surface area contributed by atoms with Crippen LogP contribution in [0.4, 0.5) is 0 Å². The topological polar surface area (TPSA) is 42.2 Å². The average Bonchev–Trinajstić information content (AvgIpc) is 2.97. The van der Waals surface area contributed by atoms with Gasteiger partial charge in [0, 0.05) is 22.5 Å². The van der Waals surface area contributed by atoms with Gasteiger partial charge in [0.15, 0.2) is 11.5 Å². The van der Waals surface area contributed by atoms with Crippen LogP contribution in [0, 0.1) is 6.92 Å². The first-order valence-electron chi connectivity index (χ1n) is 5.87. The Labute approximate surface area is 109 Å². The standard InChI is InChI=1S/C13H14N4S/c1-10-5-6-11(18-10)8-14-9-13-16-15-12-4-2-3-7-17(12)13/h2-7,14H,8-9H2,1H3. The van der Waals surface area contributed by atoms with E-state index in [9.17, 15) is 0 Å². The summed E-state index contributed by atoms with van der Waals surface area (Å²) in [6, 6.07) is 10.2. The van der Waals surface area contributed by atoms with Crippen molar-refractivity contribution in [2.45, 2.75) is 20.0 Å². The van der Waals surface area contributed by atoms with E-state index in [0.717, 1.165) is 24.6 Å². The van der Waals surface area contributed by atoms with Gasteiger partial charge in [-0.25, -0.2) is 0 Å². The second kappa shape index (κ2) is 4.88. The van der Waals surface area contributed by atoms with Crippen molar-refractivity contribution in [3.05, 3.63) is 52.1 Å². The van der Waals surface area contributed by atoms with Crippen molar-refractivity contribution < 1.29 is 0 Å². The van der Waals surface area contributed by atoms with Crippen LogP contribution in [-0.2, 0) is 13.1 Å². The molecular formula is C13H14N4S. The number of rotatable bonds is 4. The molecule has 0 aliphatic carbocycles.